The maximum atomic E-state index is 6.17. The maximum absolute atomic E-state index is 6.17. The molecule has 0 unspecified atom stereocenters. The molecule has 4 heterocycles. The van der Waals surface area contributed by atoms with E-state index >= 15 is 0 Å². The predicted molar refractivity (Wildman–Crippen MR) is 137 cm³/mol. The van der Waals surface area contributed by atoms with E-state index in [4.69, 9.17) is 28.9 Å². The van der Waals surface area contributed by atoms with Gasteiger partial charge in [-0.1, -0.05) is 0 Å². The molecular formula is C25H35N7O4. The standard InChI is InChI=1S/C25H35N7O4/c1-33-17-18-14-23(30-29-18)27-24-19-15-21(34-2)22(36-11-5-8-31-6-3-4-7-31)16-20(19)26-25(28-24)32-9-12-35-13-10-32/h14-16H,3-13,17H2,1-2H3,(H2,26,27,28,29,30). The van der Waals surface area contributed by atoms with E-state index in [1.54, 1.807) is 14.2 Å². The molecule has 0 spiro atoms. The van der Waals surface area contributed by atoms with Gasteiger partial charge in [-0.05, 0) is 38.4 Å². The average Bonchev–Trinajstić information content (AvgIpc) is 3.59. The van der Waals surface area contributed by atoms with Gasteiger partial charge in [-0.15, -0.1) is 0 Å². The molecule has 11 heteroatoms. The van der Waals surface area contributed by atoms with Gasteiger partial charge in [-0.3, -0.25) is 5.10 Å². The van der Waals surface area contributed by atoms with Crippen molar-refractivity contribution in [1.82, 2.24) is 25.1 Å². The van der Waals surface area contributed by atoms with Crippen LogP contribution in [0.15, 0.2) is 18.2 Å². The number of H-pyrrole nitrogens is 1. The zero-order chi connectivity index (χ0) is 24.7. The number of nitrogens with zero attached hydrogens (tertiary/aromatic N) is 5. The van der Waals surface area contributed by atoms with Crippen LogP contribution in [0.1, 0.15) is 25.0 Å². The van der Waals surface area contributed by atoms with E-state index < -0.39 is 0 Å². The summed E-state index contributed by atoms with van der Waals surface area (Å²) in [5.74, 6) is 3.28. The quantitative estimate of drug-likeness (QED) is 0.384. The topological polar surface area (TPSA) is 110 Å². The van der Waals surface area contributed by atoms with Gasteiger partial charge in [0.05, 0.1) is 44.7 Å². The Morgan fingerprint density at radius 1 is 1.03 bits per heavy atom. The smallest absolute Gasteiger partial charge is 0.228 e. The van der Waals surface area contributed by atoms with E-state index in [1.165, 1.54) is 25.9 Å². The highest BCUT2D eigenvalue weighted by Crippen LogP contribution is 2.36. The second-order valence-corrected chi connectivity index (χ2v) is 9.08. The molecule has 0 atom stereocenters. The summed E-state index contributed by atoms with van der Waals surface area (Å²) >= 11 is 0. The first-order valence-electron chi connectivity index (χ1n) is 12.6. The second-order valence-electron chi connectivity index (χ2n) is 9.08. The van der Waals surface area contributed by atoms with Gasteiger partial charge in [0.15, 0.2) is 17.3 Å². The molecule has 2 saturated heterocycles. The number of nitrogens with one attached hydrogen (secondary N) is 2. The molecule has 2 aliphatic rings. The van der Waals surface area contributed by atoms with E-state index in [1.807, 2.05) is 18.2 Å². The van der Waals surface area contributed by atoms with Crippen molar-refractivity contribution in [3.8, 4) is 11.5 Å². The third-order valence-electron chi connectivity index (χ3n) is 6.52. The SMILES string of the molecule is COCc1cc(Nc2nc(N3CCOCC3)nc3cc(OCCCN4CCCC4)c(OC)cc23)n[nH]1. The number of rotatable bonds is 11. The Morgan fingerprint density at radius 3 is 2.64 bits per heavy atom. The summed E-state index contributed by atoms with van der Waals surface area (Å²) in [5, 5.41) is 11.5. The Labute approximate surface area is 211 Å². The van der Waals surface area contributed by atoms with Crippen molar-refractivity contribution in [2.45, 2.75) is 25.9 Å². The molecule has 5 rings (SSSR count). The van der Waals surface area contributed by atoms with Crippen LogP contribution in [-0.2, 0) is 16.1 Å². The highest BCUT2D eigenvalue weighted by molar-refractivity contribution is 5.94. The predicted octanol–water partition coefficient (Wildman–Crippen LogP) is 2.95. The first kappa shape index (κ1) is 24.5. The van der Waals surface area contributed by atoms with Gasteiger partial charge in [0.2, 0.25) is 5.95 Å². The van der Waals surface area contributed by atoms with E-state index in [2.05, 4.69) is 25.3 Å². The van der Waals surface area contributed by atoms with Crippen LogP contribution in [0.4, 0.5) is 17.6 Å². The maximum Gasteiger partial charge on any atom is 0.228 e. The highest BCUT2D eigenvalue weighted by atomic mass is 16.5. The van der Waals surface area contributed by atoms with Gasteiger partial charge < -0.3 is 34.1 Å². The summed E-state index contributed by atoms with van der Waals surface area (Å²) < 4.78 is 22.6. The molecule has 2 fully saturated rings. The molecule has 0 saturated carbocycles. The Hall–Kier alpha value is -3.15. The molecule has 11 nitrogen and oxygen atoms in total. The third-order valence-corrected chi connectivity index (χ3v) is 6.52. The number of morpholine rings is 1. The molecule has 0 aliphatic carbocycles. The Bertz CT molecular complexity index is 1140. The Kier molecular flexibility index (Phi) is 7.99. The number of methoxy groups -OCH3 is 2. The number of likely N-dealkylation sites (tertiary alicyclic amines) is 1. The van der Waals surface area contributed by atoms with E-state index in [9.17, 15) is 0 Å². The van der Waals surface area contributed by atoms with Gasteiger partial charge in [0, 0.05) is 44.3 Å². The lowest BCUT2D eigenvalue weighted by atomic mass is 10.2. The monoisotopic (exact) mass is 497 g/mol. The second kappa shape index (κ2) is 11.7. The lowest BCUT2D eigenvalue weighted by Crippen LogP contribution is -2.37. The summed E-state index contributed by atoms with van der Waals surface area (Å²) in [6, 6.07) is 5.78. The van der Waals surface area contributed by atoms with Crippen molar-refractivity contribution in [1.29, 1.82) is 0 Å². The third kappa shape index (κ3) is 5.80. The summed E-state index contributed by atoms with van der Waals surface area (Å²) in [5.41, 5.74) is 1.64. The van der Waals surface area contributed by atoms with Crippen LogP contribution in [0.5, 0.6) is 11.5 Å². The Morgan fingerprint density at radius 2 is 1.86 bits per heavy atom. The van der Waals surface area contributed by atoms with Gasteiger partial charge >= 0.3 is 0 Å². The lowest BCUT2D eigenvalue weighted by Gasteiger charge is -2.27. The number of fused-ring (bicyclic) bond motifs is 1. The summed E-state index contributed by atoms with van der Waals surface area (Å²) in [4.78, 5) is 14.4. The molecule has 2 N–H and O–H groups in total. The molecule has 0 amide bonds. The summed E-state index contributed by atoms with van der Waals surface area (Å²) in [7, 11) is 3.30. The minimum absolute atomic E-state index is 0.449. The lowest BCUT2D eigenvalue weighted by molar-refractivity contribution is 0.122. The molecule has 2 aromatic heterocycles. The molecule has 0 radical (unpaired) electrons. The van der Waals surface area contributed by atoms with E-state index in [0.29, 0.717) is 55.5 Å². The molecular weight excluding hydrogens is 462 g/mol. The zero-order valence-corrected chi connectivity index (χ0v) is 21.1. The van der Waals surface area contributed by atoms with Crippen molar-refractivity contribution in [3.63, 3.8) is 0 Å². The first-order valence-corrected chi connectivity index (χ1v) is 12.6. The fourth-order valence-electron chi connectivity index (χ4n) is 4.65. The average molecular weight is 498 g/mol. The van der Waals surface area contributed by atoms with E-state index in [0.717, 1.165) is 42.7 Å². The van der Waals surface area contributed by atoms with Crippen LogP contribution in [0.25, 0.3) is 10.9 Å². The van der Waals surface area contributed by atoms with Crippen molar-refractivity contribution in [2.75, 3.05) is 77.0 Å². The largest absolute Gasteiger partial charge is 0.493 e. The van der Waals surface area contributed by atoms with Crippen LogP contribution in [0.3, 0.4) is 0 Å². The van der Waals surface area contributed by atoms with Crippen LogP contribution >= 0.6 is 0 Å². The Balaban J connectivity index is 1.42. The number of benzene rings is 1. The number of aromatic nitrogens is 4. The summed E-state index contributed by atoms with van der Waals surface area (Å²) in [6.45, 7) is 7.30. The van der Waals surface area contributed by atoms with Crippen LogP contribution in [0.2, 0.25) is 0 Å². The zero-order valence-electron chi connectivity index (χ0n) is 21.1. The minimum Gasteiger partial charge on any atom is -0.493 e. The number of ether oxygens (including phenoxy) is 4. The summed E-state index contributed by atoms with van der Waals surface area (Å²) in [6.07, 6.45) is 3.57. The number of hydrogen-bond acceptors (Lipinski definition) is 10. The first-order chi connectivity index (χ1) is 17.7. The van der Waals surface area contributed by atoms with Crippen LogP contribution < -0.4 is 19.7 Å². The van der Waals surface area contributed by atoms with Gasteiger partial charge in [0.25, 0.3) is 0 Å². The molecule has 3 aromatic rings. The van der Waals surface area contributed by atoms with Crippen LogP contribution in [0, 0.1) is 0 Å². The van der Waals surface area contributed by atoms with Crippen LogP contribution in [-0.4, -0.2) is 91.8 Å². The molecule has 194 valence electrons. The normalized spacial score (nSPS) is 16.6. The highest BCUT2D eigenvalue weighted by Gasteiger charge is 2.20. The molecule has 36 heavy (non-hydrogen) atoms. The van der Waals surface area contributed by atoms with Crippen molar-refractivity contribution in [3.05, 3.63) is 23.9 Å². The van der Waals surface area contributed by atoms with Crippen molar-refractivity contribution < 1.29 is 18.9 Å². The number of aromatic amines is 1. The fraction of sp³-hybridized carbons (Fsp3) is 0.560. The minimum atomic E-state index is 0.449. The molecule has 1 aromatic carbocycles. The van der Waals surface area contributed by atoms with E-state index in [-0.39, 0.29) is 0 Å². The van der Waals surface area contributed by atoms with Gasteiger partial charge in [0.1, 0.15) is 5.82 Å². The molecule has 0 bridgehead atoms. The van der Waals surface area contributed by atoms with Crippen molar-refractivity contribution >= 4 is 28.5 Å². The molecule has 2 aliphatic heterocycles. The number of anilines is 3. The van der Waals surface area contributed by atoms with Gasteiger partial charge in [-0.25, -0.2) is 4.98 Å². The van der Waals surface area contributed by atoms with Crippen molar-refractivity contribution in [2.24, 2.45) is 0 Å². The van der Waals surface area contributed by atoms with Gasteiger partial charge in [-0.2, -0.15) is 10.1 Å². The number of hydrogen-bond donors (Lipinski definition) is 2. The fourth-order valence-corrected chi connectivity index (χ4v) is 4.65.